The van der Waals surface area contributed by atoms with Crippen molar-refractivity contribution in [1.82, 2.24) is 0 Å². The van der Waals surface area contributed by atoms with E-state index in [1.54, 1.807) is 31.2 Å². The van der Waals surface area contributed by atoms with E-state index in [1.165, 1.54) is 49.5 Å². The van der Waals surface area contributed by atoms with Gasteiger partial charge in [-0.3, -0.25) is 14.5 Å². The number of amides is 1. The van der Waals surface area contributed by atoms with E-state index in [2.05, 4.69) is 0 Å². The van der Waals surface area contributed by atoms with Crippen LogP contribution in [0.15, 0.2) is 72.3 Å². The van der Waals surface area contributed by atoms with Crippen molar-refractivity contribution in [2.24, 2.45) is 0 Å². The molecule has 0 saturated carbocycles. The first-order valence-electron chi connectivity index (χ1n) is 11.4. The van der Waals surface area contributed by atoms with Crippen molar-refractivity contribution in [3.05, 3.63) is 94.8 Å². The Kier molecular flexibility index (Phi) is 7.24. The Hall–Kier alpha value is -4.66. The van der Waals surface area contributed by atoms with Crippen molar-refractivity contribution in [3.8, 4) is 11.5 Å². The number of methoxy groups -OCH3 is 2. The fraction of sp³-hybridized carbons (Fsp3) is 0.179. The number of aliphatic hydroxyl groups excluding tert-OH is 1. The van der Waals surface area contributed by atoms with Gasteiger partial charge in [-0.1, -0.05) is 12.1 Å². The second kappa shape index (κ2) is 10.5. The summed E-state index contributed by atoms with van der Waals surface area (Å²) in [5.41, 5.74) is 0.755. The molecule has 3 aromatic carbocycles. The van der Waals surface area contributed by atoms with E-state index in [1.807, 2.05) is 0 Å². The molecule has 190 valence electrons. The third-order valence-corrected chi connectivity index (χ3v) is 5.95. The van der Waals surface area contributed by atoms with Gasteiger partial charge in [0, 0.05) is 5.69 Å². The van der Waals surface area contributed by atoms with Crippen LogP contribution in [0.4, 0.5) is 10.1 Å². The Labute approximate surface area is 212 Å². The molecule has 37 heavy (non-hydrogen) atoms. The van der Waals surface area contributed by atoms with Crippen molar-refractivity contribution in [2.45, 2.75) is 13.0 Å². The number of halogens is 1. The molecule has 1 aliphatic heterocycles. The summed E-state index contributed by atoms with van der Waals surface area (Å²) in [6.07, 6.45) is 0. The van der Waals surface area contributed by atoms with Gasteiger partial charge in [0.05, 0.1) is 43.6 Å². The standard InChI is InChI=1S/C28H24FNO7/c1-4-37-28(34)17-5-10-19(11-6-17)30-24(16-7-12-20(35-2)13-8-16)23(26(32)27(30)33)25(31)21-15-18(29)9-14-22(21)36-3/h5-15,24,31H,4H2,1-3H3/b25-23+. The lowest BCUT2D eigenvalue weighted by atomic mass is 9.94. The van der Waals surface area contributed by atoms with Crippen LogP contribution in [0.2, 0.25) is 0 Å². The molecule has 1 heterocycles. The molecule has 8 nitrogen and oxygen atoms in total. The van der Waals surface area contributed by atoms with Gasteiger partial charge in [-0.15, -0.1) is 0 Å². The summed E-state index contributed by atoms with van der Waals surface area (Å²) in [5, 5.41) is 11.3. The largest absolute Gasteiger partial charge is 0.507 e. The van der Waals surface area contributed by atoms with E-state index in [0.717, 1.165) is 12.1 Å². The van der Waals surface area contributed by atoms with E-state index < -0.39 is 35.3 Å². The van der Waals surface area contributed by atoms with Crippen molar-refractivity contribution in [3.63, 3.8) is 0 Å². The first-order valence-corrected chi connectivity index (χ1v) is 11.4. The summed E-state index contributed by atoms with van der Waals surface area (Å²) < 4.78 is 29.6. The second-order valence-electron chi connectivity index (χ2n) is 8.05. The van der Waals surface area contributed by atoms with Crippen molar-refractivity contribution >= 4 is 29.1 Å². The van der Waals surface area contributed by atoms with E-state index in [0.29, 0.717) is 17.0 Å². The smallest absolute Gasteiger partial charge is 0.338 e. The number of anilines is 1. The minimum absolute atomic E-state index is 0.0725. The highest BCUT2D eigenvalue weighted by Crippen LogP contribution is 2.43. The van der Waals surface area contributed by atoms with Crippen molar-refractivity contribution < 1.29 is 38.1 Å². The Morgan fingerprint density at radius 2 is 1.65 bits per heavy atom. The molecule has 1 N–H and O–H groups in total. The van der Waals surface area contributed by atoms with Crippen LogP contribution in [0.5, 0.6) is 11.5 Å². The summed E-state index contributed by atoms with van der Waals surface area (Å²) >= 11 is 0. The molecule has 1 atom stereocenters. The topological polar surface area (TPSA) is 102 Å². The summed E-state index contributed by atoms with van der Waals surface area (Å²) in [4.78, 5) is 39.9. The number of carbonyl (C=O) groups excluding carboxylic acids is 3. The number of ketones is 1. The molecule has 1 saturated heterocycles. The Bertz CT molecular complexity index is 1380. The van der Waals surface area contributed by atoms with Gasteiger partial charge in [0.1, 0.15) is 23.1 Å². The highest BCUT2D eigenvalue weighted by molar-refractivity contribution is 6.51. The van der Waals surface area contributed by atoms with Crippen LogP contribution in [0.1, 0.15) is 34.5 Å². The average Bonchev–Trinajstić information content (AvgIpc) is 3.18. The highest BCUT2D eigenvalue weighted by atomic mass is 19.1. The lowest BCUT2D eigenvalue weighted by molar-refractivity contribution is -0.132. The van der Waals surface area contributed by atoms with Gasteiger partial charge in [-0.25, -0.2) is 9.18 Å². The molecule has 0 radical (unpaired) electrons. The molecule has 1 aliphatic rings. The first-order chi connectivity index (χ1) is 17.8. The van der Waals surface area contributed by atoms with Crippen LogP contribution in [-0.4, -0.2) is 43.6 Å². The molecule has 0 bridgehead atoms. The minimum atomic E-state index is -1.06. The zero-order chi connectivity index (χ0) is 26.7. The number of benzene rings is 3. The quantitative estimate of drug-likeness (QED) is 0.216. The molecule has 3 aromatic rings. The third kappa shape index (κ3) is 4.75. The maximum absolute atomic E-state index is 14.1. The molecule has 0 spiro atoms. The number of Topliss-reactive ketones (excluding diaryl/α,β-unsaturated/α-hetero) is 1. The number of rotatable bonds is 7. The van der Waals surface area contributed by atoms with Gasteiger partial charge in [0.15, 0.2) is 0 Å². The van der Waals surface area contributed by atoms with Gasteiger partial charge in [0.25, 0.3) is 11.7 Å². The van der Waals surface area contributed by atoms with Gasteiger partial charge >= 0.3 is 5.97 Å². The number of aliphatic hydroxyl groups is 1. The maximum atomic E-state index is 14.1. The Balaban J connectivity index is 1.90. The molecular weight excluding hydrogens is 481 g/mol. The van der Waals surface area contributed by atoms with Crippen molar-refractivity contribution in [1.29, 1.82) is 0 Å². The number of carbonyl (C=O) groups is 3. The fourth-order valence-electron chi connectivity index (χ4n) is 4.18. The predicted octanol–water partition coefficient (Wildman–Crippen LogP) is 4.65. The lowest BCUT2D eigenvalue weighted by Crippen LogP contribution is -2.29. The van der Waals surface area contributed by atoms with E-state index in [9.17, 15) is 23.9 Å². The van der Waals surface area contributed by atoms with E-state index in [-0.39, 0.29) is 29.1 Å². The molecular formula is C28H24FNO7. The number of ether oxygens (including phenoxy) is 3. The van der Waals surface area contributed by atoms with Crippen LogP contribution < -0.4 is 14.4 Å². The average molecular weight is 505 g/mol. The maximum Gasteiger partial charge on any atom is 0.338 e. The Morgan fingerprint density at radius 3 is 2.24 bits per heavy atom. The lowest BCUT2D eigenvalue weighted by Gasteiger charge is -2.26. The van der Waals surface area contributed by atoms with E-state index in [4.69, 9.17) is 14.2 Å². The summed E-state index contributed by atoms with van der Waals surface area (Å²) in [6, 6.07) is 15.0. The zero-order valence-electron chi connectivity index (χ0n) is 20.4. The van der Waals surface area contributed by atoms with E-state index >= 15 is 0 Å². The predicted molar refractivity (Wildman–Crippen MR) is 133 cm³/mol. The summed E-state index contributed by atoms with van der Waals surface area (Å²) in [7, 11) is 2.84. The second-order valence-corrected chi connectivity index (χ2v) is 8.05. The van der Waals surface area contributed by atoms with Gasteiger partial charge < -0.3 is 19.3 Å². The molecule has 0 aliphatic carbocycles. The Morgan fingerprint density at radius 1 is 0.973 bits per heavy atom. The van der Waals surface area contributed by atoms with Crippen LogP contribution in [0, 0.1) is 5.82 Å². The molecule has 9 heteroatoms. The van der Waals surface area contributed by atoms with Crippen LogP contribution in [-0.2, 0) is 14.3 Å². The van der Waals surface area contributed by atoms with Gasteiger partial charge in [0.2, 0.25) is 0 Å². The van der Waals surface area contributed by atoms with Crippen LogP contribution in [0.3, 0.4) is 0 Å². The normalized spacial score (nSPS) is 16.5. The van der Waals surface area contributed by atoms with Gasteiger partial charge in [-0.2, -0.15) is 0 Å². The first kappa shape index (κ1) is 25.4. The number of hydrogen-bond donors (Lipinski definition) is 1. The zero-order valence-corrected chi connectivity index (χ0v) is 20.4. The molecule has 4 rings (SSSR count). The molecule has 1 fully saturated rings. The third-order valence-electron chi connectivity index (χ3n) is 5.95. The summed E-state index contributed by atoms with van der Waals surface area (Å²) in [5.74, 6) is -2.96. The minimum Gasteiger partial charge on any atom is -0.507 e. The van der Waals surface area contributed by atoms with Gasteiger partial charge in [-0.05, 0) is 67.1 Å². The highest BCUT2D eigenvalue weighted by Gasteiger charge is 2.47. The molecule has 1 amide bonds. The number of hydrogen-bond acceptors (Lipinski definition) is 7. The fourth-order valence-corrected chi connectivity index (χ4v) is 4.18. The SMILES string of the molecule is CCOC(=O)c1ccc(N2C(=O)C(=O)/C(=C(/O)c3cc(F)ccc3OC)C2c2ccc(OC)cc2)cc1. The number of esters is 1. The van der Waals surface area contributed by atoms with Crippen LogP contribution >= 0.6 is 0 Å². The van der Waals surface area contributed by atoms with Crippen molar-refractivity contribution in [2.75, 3.05) is 25.7 Å². The monoisotopic (exact) mass is 505 g/mol. The summed E-state index contributed by atoms with van der Waals surface area (Å²) in [6.45, 7) is 1.89. The molecule has 1 unspecified atom stereocenters. The van der Waals surface area contributed by atoms with Crippen LogP contribution in [0.25, 0.3) is 5.76 Å². The molecule has 0 aromatic heterocycles. The number of nitrogens with zero attached hydrogens (tertiary/aromatic N) is 1.